The van der Waals surface area contributed by atoms with E-state index in [9.17, 15) is 5.11 Å². The van der Waals surface area contributed by atoms with E-state index in [0.717, 1.165) is 6.54 Å². The van der Waals surface area contributed by atoms with E-state index in [1.165, 1.54) is 42.4 Å². The van der Waals surface area contributed by atoms with Crippen molar-refractivity contribution in [2.75, 3.05) is 6.54 Å². The number of aliphatic hydroxyl groups excluding tert-OH is 1. The van der Waals surface area contributed by atoms with Gasteiger partial charge >= 0.3 is 0 Å². The molecule has 0 amide bonds. The maximum absolute atomic E-state index is 9.51. The highest BCUT2D eigenvalue weighted by atomic mass is 32.1. The van der Waals surface area contributed by atoms with Crippen LogP contribution in [0.15, 0.2) is 18.2 Å². The van der Waals surface area contributed by atoms with Crippen LogP contribution >= 0.6 is 12.2 Å². The van der Waals surface area contributed by atoms with Gasteiger partial charge in [-0.1, -0.05) is 29.3 Å². The van der Waals surface area contributed by atoms with Crippen molar-refractivity contribution < 1.29 is 5.11 Å². The Balaban J connectivity index is 1.67. The first-order valence-electron chi connectivity index (χ1n) is 7.99. The Bertz CT molecular complexity index is 540. The summed E-state index contributed by atoms with van der Waals surface area (Å²) in [5.74, 6) is 0.705. The lowest BCUT2D eigenvalue weighted by atomic mass is 9.60. The van der Waals surface area contributed by atoms with Gasteiger partial charge in [0.2, 0.25) is 0 Å². The second kappa shape index (κ2) is 5.28. The molecule has 1 atom stereocenters. The van der Waals surface area contributed by atoms with E-state index in [1.807, 2.05) is 4.90 Å². The van der Waals surface area contributed by atoms with Crippen molar-refractivity contribution in [3.05, 3.63) is 34.9 Å². The predicted molar refractivity (Wildman–Crippen MR) is 91.0 cm³/mol. The summed E-state index contributed by atoms with van der Waals surface area (Å²) < 4.78 is 0. The lowest BCUT2D eigenvalue weighted by Crippen LogP contribution is -2.65. The summed E-state index contributed by atoms with van der Waals surface area (Å²) in [4.78, 5) is 1.96. The highest BCUT2D eigenvalue weighted by molar-refractivity contribution is 7.79. The molecule has 1 aliphatic carbocycles. The monoisotopic (exact) mass is 303 g/mol. The lowest BCUT2D eigenvalue weighted by Gasteiger charge is -2.59. The van der Waals surface area contributed by atoms with Gasteiger partial charge in [0.1, 0.15) is 0 Å². The third kappa shape index (κ3) is 2.57. The smallest absolute Gasteiger partial charge is 0.257 e. The fourth-order valence-electron chi connectivity index (χ4n) is 4.41. The predicted octanol–water partition coefficient (Wildman–Crippen LogP) is 4.49. The summed E-state index contributed by atoms with van der Waals surface area (Å²) in [6.07, 6.45) is 5.04. The molecule has 1 aliphatic heterocycles. The van der Waals surface area contributed by atoms with Crippen LogP contribution in [-0.2, 0) is 0 Å². The second-order valence-electron chi connectivity index (χ2n) is 7.14. The highest BCUT2D eigenvalue weighted by Crippen LogP contribution is 2.52. The van der Waals surface area contributed by atoms with E-state index >= 15 is 0 Å². The molecule has 2 aliphatic rings. The van der Waals surface area contributed by atoms with Crippen molar-refractivity contribution in [2.24, 2.45) is 5.41 Å². The van der Waals surface area contributed by atoms with Gasteiger partial charge in [0, 0.05) is 18.0 Å². The molecule has 114 valence electrons. The standard InChI is InChI=1S/C18H25NOS/c1-12-8-13(2)10-16(9-12)15-4-6-18(7-5-15)11-19(14(18)3)17(20)21/h8-10,14-15H,4-7,11H2,1-3H3,(H,20,21). The van der Waals surface area contributed by atoms with E-state index in [4.69, 9.17) is 12.2 Å². The molecule has 1 aromatic carbocycles. The Morgan fingerprint density at radius 3 is 2.24 bits per heavy atom. The third-order valence-corrected chi connectivity index (χ3v) is 6.02. The van der Waals surface area contributed by atoms with Crippen LogP contribution in [-0.4, -0.2) is 27.8 Å². The molecule has 1 saturated carbocycles. The Morgan fingerprint density at radius 2 is 1.76 bits per heavy atom. The number of thiocarbonyl (C=S) groups is 1. The van der Waals surface area contributed by atoms with Crippen molar-refractivity contribution in [3.8, 4) is 0 Å². The van der Waals surface area contributed by atoms with Gasteiger partial charge in [-0.3, -0.25) is 0 Å². The lowest BCUT2D eigenvalue weighted by molar-refractivity contribution is -0.0527. The van der Waals surface area contributed by atoms with Crippen LogP contribution in [0, 0.1) is 19.3 Å². The minimum atomic E-state index is 0.0737. The van der Waals surface area contributed by atoms with Crippen LogP contribution < -0.4 is 0 Å². The van der Waals surface area contributed by atoms with Gasteiger partial charge in [-0.15, -0.1) is 0 Å². The molecule has 1 saturated heterocycles. The zero-order valence-electron chi connectivity index (χ0n) is 13.2. The Morgan fingerprint density at radius 1 is 1.19 bits per heavy atom. The number of likely N-dealkylation sites (tertiary alicyclic amines) is 1. The van der Waals surface area contributed by atoms with Crippen LogP contribution in [0.2, 0.25) is 0 Å². The third-order valence-electron chi connectivity index (χ3n) is 5.78. The summed E-state index contributed by atoms with van der Waals surface area (Å²) in [6.45, 7) is 7.54. The highest BCUT2D eigenvalue weighted by Gasteiger charge is 2.52. The maximum atomic E-state index is 9.51. The second-order valence-corrected chi connectivity index (χ2v) is 7.51. The number of benzene rings is 1. The molecule has 1 N–H and O–H groups in total. The first-order chi connectivity index (χ1) is 9.91. The summed E-state index contributed by atoms with van der Waals surface area (Å²) in [5, 5.41) is 9.58. The van der Waals surface area contributed by atoms with Crippen molar-refractivity contribution in [1.82, 2.24) is 4.90 Å². The molecule has 2 fully saturated rings. The Labute approximate surface area is 133 Å². The molecule has 1 heterocycles. The fourth-order valence-corrected chi connectivity index (χ4v) is 4.63. The van der Waals surface area contributed by atoms with Gasteiger partial charge in [0.25, 0.3) is 5.17 Å². The van der Waals surface area contributed by atoms with Gasteiger partial charge in [0.15, 0.2) is 0 Å². The van der Waals surface area contributed by atoms with E-state index in [-0.39, 0.29) is 5.17 Å². The number of aryl methyl sites for hydroxylation is 2. The Hall–Kier alpha value is -1.09. The van der Waals surface area contributed by atoms with Crippen molar-refractivity contribution >= 4 is 17.4 Å². The summed E-state index contributed by atoms with van der Waals surface area (Å²) in [5.41, 5.74) is 4.66. The van der Waals surface area contributed by atoms with E-state index < -0.39 is 0 Å². The van der Waals surface area contributed by atoms with E-state index in [0.29, 0.717) is 17.4 Å². The minimum Gasteiger partial charge on any atom is -0.486 e. The van der Waals surface area contributed by atoms with Crippen LogP contribution in [0.4, 0.5) is 0 Å². The number of hydrogen-bond acceptors (Lipinski definition) is 1. The number of rotatable bonds is 1. The summed E-state index contributed by atoms with van der Waals surface area (Å²) in [7, 11) is 0. The first kappa shape index (κ1) is 14.8. The molecule has 0 bridgehead atoms. The molecule has 0 radical (unpaired) electrons. The molecular formula is C18H25NOS. The quantitative estimate of drug-likeness (QED) is 0.773. The molecule has 21 heavy (non-hydrogen) atoms. The van der Waals surface area contributed by atoms with Crippen LogP contribution in [0.25, 0.3) is 0 Å². The van der Waals surface area contributed by atoms with Crippen molar-refractivity contribution in [2.45, 2.75) is 58.4 Å². The molecule has 1 unspecified atom stereocenters. The van der Waals surface area contributed by atoms with Gasteiger partial charge in [0.05, 0.1) is 0 Å². The van der Waals surface area contributed by atoms with Crippen molar-refractivity contribution in [1.29, 1.82) is 0 Å². The molecule has 1 aromatic rings. The van der Waals surface area contributed by atoms with Gasteiger partial charge in [-0.05, 0) is 70.2 Å². The van der Waals surface area contributed by atoms with Crippen LogP contribution in [0.3, 0.4) is 0 Å². The summed E-state index contributed by atoms with van der Waals surface area (Å²) >= 11 is 4.91. The molecule has 3 heteroatoms. The molecule has 0 aromatic heterocycles. The molecule has 3 rings (SSSR count). The zero-order chi connectivity index (χ0) is 15.2. The zero-order valence-corrected chi connectivity index (χ0v) is 14.0. The SMILES string of the molecule is Cc1cc(C)cc(C2CCC3(CC2)CN(C(O)=S)C3C)c1. The van der Waals surface area contributed by atoms with Gasteiger partial charge < -0.3 is 10.0 Å². The number of hydrogen-bond donors (Lipinski definition) is 1. The normalized spacial score (nSPS) is 32.0. The molecular weight excluding hydrogens is 278 g/mol. The van der Waals surface area contributed by atoms with Crippen LogP contribution in [0.1, 0.15) is 55.2 Å². The molecule has 2 nitrogen and oxygen atoms in total. The van der Waals surface area contributed by atoms with Crippen molar-refractivity contribution in [3.63, 3.8) is 0 Å². The van der Waals surface area contributed by atoms with Gasteiger partial charge in [-0.2, -0.15) is 0 Å². The maximum Gasteiger partial charge on any atom is 0.257 e. The number of aliphatic hydroxyl groups is 1. The number of nitrogens with zero attached hydrogens (tertiary/aromatic N) is 1. The topological polar surface area (TPSA) is 23.5 Å². The van der Waals surface area contributed by atoms with Gasteiger partial charge in [-0.25, -0.2) is 0 Å². The Kier molecular flexibility index (Phi) is 3.73. The fraction of sp³-hybridized carbons (Fsp3) is 0.611. The van der Waals surface area contributed by atoms with Crippen LogP contribution in [0.5, 0.6) is 0 Å². The largest absolute Gasteiger partial charge is 0.486 e. The summed E-state index contributed by atoms with van der Waals surface area (Å²) in [6, 6.07) is 7.36. The first-order valence-corrected chi connectivity index (χ1v) is 8.40. The van der Waals surface area contributed by atoms with E-state index in [1.54, 1.807) is 0 Å². The minimum absolute atomic E-state index is 0.0737. The average Bonchev–Trinajstić information content (AvgIpc) is 2.43. The van der Waals surface area contributed by atoms with E-state index in [2.05, 4.69) is 39.0 Å². The average molecular weight is 303 g/mol. The molecule has 1 spiro atoms.